The van der Waals surface area contributed by atoms with Crippen LogP contribution >= 0.6 is 0 Å². The highest BCUT2D eigenvalue weighted by Gasteiger charge is 2.10. The first-order valence-corrected chi connectivity index (χ1v) is 9.93. The fourth-order valence-electron chi connectivity index (χ4n) is 2.68. The second-order valence-corrected chi connectivity index (χ2v) is 6.94. The van der Waals surface area contributed by atoms with E-state index in [-0.39, 0.29) is 36.1 Å². The molecule has 0 aliphatic rings. The molecule has 0 saturated heterocycles. The van der Waals surface area contributed by atoms with Gasteiger partial charge in [-0.05, 0) is 55.3 Å². The number of carbonyl (C=O) groups is 1. The molecule has 3 aromatic rings. The molecule has 0 bridgehead atoms. The second kappa shape index (κ2) is 10.3. The molecule has 1 atom stereocenters. The molecule has 156 valence electrons. The highest BCUT2D eigenvalue weighted by molar-refractivity contribution is 5.76. The molecule has 0 radical (unpaired) electrons. The van der Waals surface area contributed by atoms with Crippen molar-refractivity contribution in [2.45, 2.75) is 45.8 Å². The summed E-state index contributed by atoms with van der Waals surface area (Å²) < 4.78 is 5.75. The topological polar surface area (TPSA) is 110 Å². The Hall–Kier alpha value is -3.55. The van der Waals surface area contributed by atoms with Crippen LogP contribution < -0.4 is 15.6 Å². The predicted octanol–water partition coefficient (Wildman–Crippen LogP) is 2.65. The SMILES string of the molecule is CCC(C)Oc1ccc(-c2nnc(CCC(=O)NCc3ccncc3)c(=O)[nH]2)cc1. The van der Waals surface area contributed by atoms with E-state index in [0.717, 1.165) is 23.3 Å². The zero-order valence-electron chi connectivity index (χ0n) is 17.1. The van der Waals surface area contributed by atoms with Crippen LogP contribution in [0.5, 0.6) is 5.75 Å². The molecule has 3 rings (SSSR count). The van der Waals surface area contributed by atoms with Gasteiger partial charge in [0.15, 0.2) is 5.82 Å². The molecular formula is C22H25N5O3. The van der Waals surface area contributed by atoms with Crippen molar-refractivity contribution in [1.29, 1.82) is 0 Å². The van der Waals surface area contributed by atoms with Crippen molar-refractivity contribution in [2.24, 2.45) is 0 Å². The van der Waals surface area contributed by atoms with Crippen LogP contribution in [0.25, 0.3) is 11.4 Å². The first kappa shape index (κ1) is 21.2. The molecule has 2 aromatic heterocycles. The monoisotopic (exact) mass is 407 g/mol. The van der Waals surface area contributed by atoms with Crippen molar-refractivity contribution in [3.8, 4) is 17.1 Å². The van der Waals surface area contributed by atoms with E-state index in [1.165, 1.54) is 0 Å². The fraction of sp³-hybridized carbons (Fsp3) is 0.318. The Balaban J connectivity index is 1.56. The maximum Gasteiger partial charge on any atom is 0.273 e. The fourth-order valence-corrected chi connectivity index (χ4v) is 2.68. The van der Waals surface area contributed by atoms with Gasteiger partial charge >= 0.3 is 0 Å². The molecule has 0 spiro atoms. The van der Waals surface area contributed by atoms with Crippen LogP contribution in [0.3, 0.4) is 0 Å². The quantitative estimate of drug-likeness (QED) is 0.564. The Labute approximate surface area is 174 Å². The average Bonchev–Trinajstić information content (AvgIpc) is 2.78. The van der Waals surface area contributed by atoms with Crippen molar-refractivity contribution in [3.63, 3.8) is 0 Å². The molecule has 1 unspecified atom stereocenters. The molecule has 0 saturated carbocycles. The third-order valence-electron chi connectivity index (χ3n) is 4.63. The van der Waals surface area contributed by atoms with Crippen LogP contribution in [0.4, 0.5) is 0 Å². The predicted molar refractivity (Wildman–Crippen MR) is 113 cm³/mol. The minimum Gasteiger partial charge on any atom is -0.491 e. The summed E-state index contributed by atoms with van der Waals surface area (Å²) in [6.07, 6.45) is 4.77. The van der Waals surface area contributed by atoms with Crippen LogP contribution in [0.2, 0.25) is 0 Å². The lowest BCUT2D eigenvalue weighted by Gasteiger charge is -2.12. The van der Waals surface area contributed by atoms with E-state index in [4.69, 9.17) is 4.74 Å². The molecule has 30 heavy (non-hydrogen) atoms. The van der Waals surface area contributed by atoms with Gasteiger partial charge in [0.25, 0.3) is 5.56 Å². The minimum atomic E-state index is -0.345. The molecule has 0 fully saturated rings. The molecule has 8 heteroatoms. The normalized spacial score (nSPS) is 11.7. The van der Waals surface area contributed by atoms with Crippen LogP contribution in [-0.4, -0.2) is 32.2 Å². The van der Waals surface area contributed by atoms with Gasteiger partial charge in [-0.1, -0.05) is 6.92 Å². The van der Waals surface area contributed by atoms with Crippen molar-refractivity contribution in [2.75, 3.05) is 0 Å². The molecular weight excluding hydrogens is 382 g/mol. The number of amides is 1. The Kier molecular flexibility index (Phi) is 7.26. The van der Waals surface area contributed by atoms with E-state index >= 15 is 0 Å². The molecule has 2 N–H and O–H groups in total. The first-order valence-electron chi connectivity index (χ1n) is 9.93. The Bertz CT molecular complexity index is 1020. The van der Waals surface area contributed by atoms with Gasteiger partial charge in [-0.25, -0.2) is 0 Å². The number of aryl methyl sites for hydroxylation is 1. The van der Waals surface area contributed by atoms with E-state index in [9.17, 15) is 9.59 Å². The molecule has 1 aromatic carbocycles. The van der Waals surface area contributed by atoms with Gasteiger partial charge in [0.1, 0.15) is 11.4 Å². The number of benzene rings is 1. The maximum absolute atomic E-state index is 12.3. The Morgan fingerprint density at radius 1 is 1.13 bits per heavy atom. The van der Waals surface area contributed by atoms with Gasteiger partial charge in [-0.2, -0.15) is 0 Å². The lowest BCUT2D eigenvalue weighted by molar-refractivity contribution is -0.121. The van der Waals surface area contributed by atoms with E-state index < -0.39 is 0 Å². The van der Waals surface area contributed by atoms with Crippen LogP contribution in [0.1, 0.15) is 37.9 Å². The second-order valence-electron chi connectivity index (χ2n) is 6.94. The number of ether oxygens (including phenoxy) is 1. The van der Waals surface area contributed by atoms with Crippen LogP contribution in [0.15, 0.2) is 53.6 Å². The van der Waals surface area contributed by atoms with Gasteiger partial charge < -0.3 is 15.0 Å². The Morgan fingerprint density at radius 2 is 1.87 bits per heavy atom. The van der Waals surface area contributed by atoms with Crippen LogP contribution in [0, 0.1) is 0 Å². The summed E-state index contributed by atoms with van der Waals surface area (Å²) in [5.41, 5.74) is 1.58. The third kappa shape index (κ3) is 5.97. The highest BCUT2D eigenvalue weighted by Crippen LogP contribution is 2.19. The molecule has 0 aliphatic heterocycles. The summed E-state index contributed by atoms with van der Waals surface area (Å²) in [4.78, 5) is 31.0. The number of pyridine rings is 1. The summed E-state index contributed by atoms with van der Waals surface area (Å²) in [5, 5.41) is 10.9. The summed E-state index contributed by atoms with van der Waals surface area (Å²) in [6.45, 7) is 4.49. The number of nitrogens with zero attached hydrogens (tertiary/aromatic N) is 3. The highest BCUT2D eigenvalue weighted by atomic mass is 16.5. The third-order valence-corrected chi connectivity index (χ3v) is 4.63. The smallest absolute Gasteiger partial charge is 0.273 e. The zero-order chi connectivity index (χ0) is 21.3. The van der Waals surface area contributed by atoms with Gasteiger partial charge in [0.05, 0.1) is 6.10 Å². The van der Waals surface area contributed by atoms with Gasteiger partial charge in [0.2, 0.25) is 5.91 Å². The van der Waals surface area contributed by atoms with Crippen molar-refractivity contribution < 1.29 is 9.53 Å². The molecule has 1 amide bonds. The summed E-state index contributed by atoms with van der Waals surface area (Å²) in [6, 6.07) is 11.0. The number of rotatable bonds is 9. The first-order chi connectivity index (χ1) is 14.5. The van der Waals surface area contributed by atoms with Gasteiger partial charge in [0, 0.05) is 37.3 Å². The molecule has 2 heterocycles. The van der Waals surface area contributed by atoms with E-state index in [1.807, 2.05) is 43.3 Å². The largest absolute Gasteiger partial charge is 0.491 e. The molecule has 8 nitrogen and oxygen atoms in total. The number of hydrogen-bond acceptors (Lipinski definition) is 6. The number of aromatic amines is 1. The van der Waals surface area contributed by atoms with Crippen molar-refractivity contribution in [3.05, 3.63) is 70.4 Å². The Morgan fingerprint density at radius 3 is 2.53 bits per heavy atom. The maximum atomic E-state index is 12.3. The molecule has 0 aliphatic carbocycles. The summed E-state index contributed by atoms with van der Waals surface area (Å²) in [7, 11) is 0. The van der Waals surface area contributed by atoms with E-state index in [0.29, 0.717) is 12.4 Å². The number of nitrogens with one attached hydrogen (secondary N) is 2. The number of hydrogen-bond donors (Lipinski definition) is 2. The van der Waals surface area contributed by atoms with Gasteiger partial charge in [-0.15, -0.1) is 10.2 Å². The lowest BCUT2D eigenvalue weighted by Crippen LogP contribution is -2.25. The zero-order valence-corrected chi connectivity index (χ0v) is 17.1. The van der Waals surface area contributed by atoms with Gasteiger partial charge in [-0.3, -0.25) is 14.6 Å². The van der Waals surface area contributed by atoms with E-state index in [1.54, 1.807) is 12.4 Å². The van der Waals surface area contributed by atoms with Crippen LogP contribution in [-0.2, 0) is 17.8 Å². The lowest BCUT2D eigenvalue weighted by atomic mass is 10.2. The summed E-state index contributed by atoms with van der Waals surface area (Å²) >= 11 is 0. The van der Waals surface area contributed by atoms with Crippen molar-refractivity contribution >= 4 is 5.91 Å². The van der Waals surface area contributed by atoms with Crippen molar-refractivity contribution in [1.82, 2.24) is 25.5 Å². The average molecular weight is 407 g/mol. The number of H-pyrrole nitrogens is 1. The van der Waals surface area contributed by atoms with E-state index in [2.05, 4.69) is 32.4 Å². The number of carbonyl (C=O) groups excluding carboxylic acids is 1. The number of aromatic nitrogens is 4. The standard InChI is InChI=1S/C22H25N5O3/c1-3-15(2)30-18-6-4-17(5-7-18)21-25-22(29)19(26-27-21)8-9-20(28)24-14-16-10-12-23-13-11-16/h4-7,10-13,15H,3,8-9,14H2,1-2H3,(H,24,28)(H,25,27,29). The summed E-state index contributed by atoms with van der Waals surface area (Å²) in [5.74, 6) is 0.979. The minimum absolute atomic E-state index is 0.136.